The van der Waals surface area contributed by atoms with Crippen molar-refractivity contribution in [1.29, 1.82) is 0 Å². The molecule has 1 aromatic heterocycles. The lowest BCUT2D eigenvalue weighted by molar-refractivity contribution is -0.137. The monoisotopic (exact) mass is 404 g/mol. The van der Waals surface area contributed by atoms with Gasteiger partial charge in [-0.1, -0.05) is 67.1 Å². The molecular weight excluding hydrogens is 376 g/mol. The number of benzene rings is 2. The number of aromatic nitrogens is 3. The van der Waals surface area contributed by atoms with Crippen LogP contribution in [0.15, 0.2) is 60.7 Å². The Hall–Kier alpha value is -3.28. The number of anilines is 1. The summed E-state index contributed by atoms with van der Waals surface area (Å²) in [4.78, 5) is 17.8. The van der Waals surface area contributed by atoms with Crippen LogP contribution in [0.2, 0.25) is 0 Å². The van der Waals surface area contributed by atoms with Crippen LogP contribution in [0.3, 0.4) is 0 Å². The van der Waals surface area contributed by atoms with E-state index < -0.39 is 5.97 Å². The highest BCUT2D eigenvalue weighted by atomic mass is 16.4. The molecule has 3 rings (SSSR count). The number of unbranched alkanes of at least 4 members (excludes halogenated alkanes) is 2. The Balaban J connectivity index is 1.89. The number of aliphatic carboxylic acids is 1. The third kappa shape index (κ3) is 5.63. The molecule has 0 atom stereocenters. The number of carboxylic acid groups (broad SMARTS) is 1. The zero-order chi connectivity index (χ0) is 21.3. The average molecular weight is 405 g/mol. The maximum Gasteiger partial charge on any atom is 0.303 e. The van der Waals surface area contributed by atoms with Gasteiger partial charge in [0.2, 0.25) is 5.95 Å². The molecule has 1 heterocycles. The maximum atomic E-state index is 10.7. The van der Waals surface area contributed by atoms with Crippen molar-refractivity contribution in [2.75, 3.05) is 11.4 Å². The van der Waals surface area contributed by atoms with Crippen molar-refractivity contribution < 1.29 is 9.90 Å². The summed E-state index contributed by atoms with van der Waals surface area (Å²) in [7, 11) is 0. The SMILES string of the molecule is CC(C)N(CCCCCC(=O)O)c1nnc(-c2ccccc2)c(-c2ccccc2)n1. The highest BCUT2D eigenvalue weighted by Gasteiger charge is 2.18. The Bertz CT molecular complexity index is 946. The Morgan fingerprint density at radius 1 is 0.867 bits per heavy atom. The summed E-state index contributed by atoms with van der Waals surface area (Å²) in [6.45, 7) is 4.97. The summed E-state index contributed by atoms with van der Waals surface area (Å²) in [5, 5.41) is 17.8. The van der Waals surface area contributed by atoms with Gasteiger partial charge in [0.1, 0.15) is 11.4 Å². The second kappa shape index (κ2) is 10.5. The molecule has 0 unspecified atom stereocenters. The van der Waals surface area contributed by atoms with E-state index in [4.69, 9.17) is 10.1 Å². The third-order valence-corrected chi connectivity index (χ3v) is 4.94. The molecule has 0 aliphatic rings. The minimum atomic E-state index is -0.743. The smallest absolute Gasteiger partial charge is 0.303 e. The van der Waals surface area contributed by atoms with Crippen molar-refractivity contribution in [2.24, 2.45) is 0 Å². The molecule has 6 heteroatoms. The van der Waals surface area contributed by atoms with Gasteiger partial charge < -0.3 is 10.0 Å². The normalized spacial score (nSPS) is 10.9. The Kier molecular flexibility index (Phi) is 7.49. The van der Waals surface area contributed by atoms with Crippen molar-refractivity contribution >= 4 is 11.9 Å². The van der Waals surface area contributed by atoms with E-state index in [-0.39, 0.29) is 12.5 Å². The molecule has 0 aliphatic heterocycles. The van der Waals surface area contributed by atoms with E-state index in [9.17, 15) is 4.79 Å². The number of hydrogen-bond donors (Lipinski definition) is 1. The predicted molar refractivity (Wildman–Crippen MR) is 119 cm³/mol. The summed E-state index contributed by atoms with van der Waals surface area (Å²) >= 11 is 0. The van der Waals surface area contributed by atoms with Gasteiger partial charge >= 0.3 is 5.97 Å². The van der Waals surface area contributed by atoms with Gasteiger partial charge in [-0.2, -0.15) is 0 Å². The lowest BCUT2D eigenvalue weighted by Gasteiger charge is -2.27. The second-order valence-electron chi connectivity index (χ2n) is 7.53. The van der Waals surface area contributed by atoms with Crippen LogP contribution in [-0.4, -0.2) is 38.8 Å². The molecule has 0 spiro atoms. The first-order valence-electron chi connectivity index (χ1n) is 10.4. The van der Waals surface area contributed by atoms with E-state index in [1.807, 2.05) is 60.7 Å². The van der Waals surface area contributed by atoms with E-state index in [0.717, 1.165) is 41.9 Å². The highest BCUT2D eigenvalue weighted by Crippen LogP contribution is 2.29. The van der Waals surface area contributed by atoms with E-state index in [1.165, 1.54) is 0 Å². The van der Waals surface area contributed by atoms with Crippen LogP contribution >= 0.6 is 0 Å². The maximum absolute atomic E-state index is 10.7. The van der Waals surface area contributed by atoms with Gasteiger partial charge in [-0.05, 0) is 26.7 Å². The standard InChI is InChI=1S/C24H28N4O2/c1-18(2)28(17-11-5-10-16-21(29)30)24-25-22(19-12-6-3-7-13-19)23(26-27-24)20-14-8-4-9-15-20/h3-4,6-9,12-15,18H,5,10-11,16-17H2,1-2H3,(H,29,30). The zero-order valence-corrected chi connectivity index (χ0v) is 17.5. The van der Waals surface area contributed by atoms with Gasteiger partial charge in [0.05, 0.1) is 0 Å². The van der Waals surface area contributed by atoms with Gasteiger partial charge in [0, 0.05) is 30.1 Å². The Morgan fingerprint density at radius 2 is 1.47 bits per heavy atom. The quantitative estimate of drug-likeness (QED) is 0.476. The van der Waals surface area contributed by atoms with Crippen molar-refractivity contribution in [2.45, 2.75) is 45.6 Å². The molecule has 30 heavy (non-hydrogen) atoms. The van der Waals surface area contributed by atoms with E-state index in [1.54, 1.807) is 0 Å². The lowest BCUT2D eigenvalue weighted by atomic mass is 10.0. The predicted octanol–water partition coefficient (Wildman–Crippen LogP) is 5.07. The van der Waals surface area contributed by atoms with Crippen LogP contribution in [0.4, 0.5) is 5.95 Å². The first-order valence-corrected chi connectivity index (χ1v) is 10.4. The summed E-state index contributed by atoms with van der Waals surface area (Å²) in [6.07, 6.45) is 2.64. The summed E-state index contributed by atoms with van der Waals surface area (Å²) in [5.41, 5.74) is 3.55. The highest BCUT2D eigenvalue weighted by molar-refractivity contribution is 5.78. The van der Waals surface area contributed by atoms with Crippen molar-refractivity contribution in [3.8, 4) is 22.5 Å². The number of carbonyl (C=O) groups is 1. The summed E-state index contributed by atoms with van der Waals surface area (Å²) in [6, 6.07) is 20.2. The van der Waals surface area contributed by atoms with E-state index in [0.29, 0.717) is 12.4 Å². The fourth-order valence-corrected chi connectivity index (χ4v) is 3.35. The second-order valence-corrected chi connectivity index (χ2v) is 7.53. The number of rotatable bonds is 10. The molecule has 0 bridgehead atoms. The molecule has 2 aromatic carbocycles. The molecule has 0 saturated heterocycles. The van der Waals surface area contributed by atoms with Crippen LogP contribution in [0.5, 0.6) is 0 Å². The largest absolute Gasteiger partial charge is 0.481 e. The molecule has 156 valence electrons. The van der Waals surface area contributed by atoms with Gasteiger partial charge in [-0.25, -0.2) is 4.98 Å². The van der Waals surface area contributed by atoms with Gasteiger partial charge in [0.15, 0.2) is 0 Å². The molecular formula is C24H28N4O2. The van der Waals surface area contributed by atoms with Crippen molar-refractivity contribution in [1.82, 2.24) is 15.2 Å². The van der Waals surface area contributed by atoms with Crippen LogP contribution < -0.4 is 4.90 Å². The van der Waals surface area contributed by atoms with Gasteiger partial charge in [-0.15, -0.1) is 10.2 Å². The van der Waals surface area contributed by atoms with Crippen LogP contribution in [-0.2, 0) is 4.79 Å². The van der Waals surface area contributed by atoms with E-state index in [2.05, 4.69) is 28.9 Å². The van der Waals surface area contributed by atoms with Gasteiger partial charge in [-0.3, -0.25) is 4.79 Å². The Labute approximate surface area is 177 Å². The molecule has 6 nitrogen and oxygen atoms in total. The number of nitrogens with zero attached hydrogens (tertiary/aromatic N) is 4. The van der Waals surface area contributed by atoms with Crippen LogP contribution in [0.25, 0.3) is 22.5 Å². The molecule has 0 radical (unpaired) electrons. The molecule has 0 amide bonds. The topological polar surface area (TPSA) is 79.2 Å². The van der Waals surface area contributed by atoms with Crippen molar-refractivity contribution in [3.05, 3.63) is 60.7 Å². The summed E-state index contributed by atoms with van der Waals surface area (Å²) < 4.78 is 0. The number of hydrogen-bond acceptors (Lipinski definition) is 5. The van der Waals surface area contributed by atoms with E-state index >= 15 is 0 Å². The van der Waals surface area contributed by atoms with Crippen LogP contribution in [0.1, 0.15) is 39.5 Å². The minimum absolute atomic E-state index is 0.206. The first kappa shape index (κ1) is 21.4. The molecule has 0 aliphatic carbocycles. The number of carboxylic acids is 1. The summed E-state index contributed by atoms with van der Waals surface area (Å²) in [5.74, 6) is -0.144. The van der Waals surface area contributed by atoms with Crippen LogP contribution in [0, 0.1) is 0 Å². The molecule has 1 N–H and O–H groups in total. The average Bonchev–Trinajstić information content (AvgIpc) is 2.76. The molecule has 3 aromatic rings. The fourth-order valence-electron chi connectivity index (χ4n) is 3.35. The molecule has 0 fully saturated rings. The Morgan fingerprint density at radius 3 is 2.03 bits per heavy atom. The van der Waals surface area contributed by atoms with Gasteiger partial charge in [0.25, 0.3) is 0 Å². The molecule has 0 saturated carbocycles. The fraction of sp³-hybridized carbons (Fsp3) is 0.333. The minimum Gasteiger partial charge on any atom is -0.481 e. The lowest BCUT2D eigenvalue weighted by Crippen LogP contribution is -2.33. The first-order chi connectivity index (χ1) is 14.6. The van der Waals surface area contributed by atoms with Crippen molar-refractivity contribution in [3.63, 3.8) is 0 Å². The third-order valence-electron chi connectivity index (χ3n) is 4.94. The zero-order valence-electron chi connectivity index (χ0n) is 17.5.